The van der Waals surface area contributed by atoms with E-state index in [2.05, 4.69) is 31.6 Å². The van der Waals surface area contributed by atoms with E-state index in [1.807, 2.05) is 25.1 Å². The molecule has 1 N–H and O–H groups in total. The number of hydrogen-bond acceptors (Lipinski definition) is 10. The van der Waals surface area contributed by atoms with Crippen LogP contribution in [0.25, 0.3) is 0 Å². The molecule has 0 radical (unpaired) electrons. The molecule has 1 aliphatic carbocycles. The zero-order valence-electron chi connectivity index (χ0n) is 31.7. The van der Waals surface area contributed by atoms with Crippen molar-refractivity contribution in [1.82, 2.24) is 14.5 Å². The van der Waals surface area contributed by atoms with Crippen molar-refractivity contribution in [3.05, 3.63) is 70.3 Å². The third-order valence-electron chi connectivity index (χ3n) is 12.8. The van der Waals surface area contributed by atoms with Crippen molar-refractivity contribution in [2.45, 2.75) is 75.9 Å². The number of rotatable bonds is 3. The van der Waals surface area contributed by atoms with Gasteiger partial charge in [0.25, 0.3) is 5.91 Å². The van der Waals surface area contributed by atoms with Crippen molar-refractivity contribution in [1.29, 1.82) is 0 Å². The van der Waals surface area contributed by atoms with Crippen LogP contribution in [0.15, 0.2) is 48.6 Å². The molecule has 6 atom stereocenters. The Morgan fingerprint density at radius 1 is 0.981 bits per heavy atom. The van der Waals surface area contributed by atoms with Crippen molar-refractivity contribution < 1.29 is 31.1 Å². The van der Waals surface area contributed by atoms with Crippen molar-refractivity contribution in [3.8, 4) is 5.75 Å². The molecule has 296 valence electrons. The van der Waals surface area contributed by atoms with Gasteiger partial charge in [0.05, 0.1) is 22.4 Å². The quantitative estimate of drug-likeness (QED) is 0.428. The summed E-state index contributed by atoms with van der Waals surface area (Å²) in [6.45, 7) is 8.83. The SMILES string of the molecule is CO[C@]1(CN2CCN3CCS(=O)(=O)C[C@@H]3C2)/C=C/C[C@H](C)[C@@H](C)S(=O)(=O)NC(=O)c2ccc3c(c2)N(CCCCc2cc(Cl)ccc2CO3)C[C@@H]2CC[C@@H]21. The lowest BCUT2D eigenvalue weighted by Gasteiger charge is -2.53. The number of carbonyl (C=O) groups excluding carboxylic acids is 1. The number of sulfone groups is 1. The maximum atomic E-state index is 13.6. The first-order valence-electron chi connectivity index (χ1n) is 19.5. The second-order valence-corrected chi connectivity index (χ2v) is 20.9. The molecule has 2 saturated heterocycles. The lowest BCUT2D eigenvalue weighted by molar-refractivity contribution is -0.0980. The van der Waals surface area contributed by atoms with E-state index >= 15 is 0 Å². The number of nitrogens with zero attached hydrogens (tertiary/aromatic N) is 3. The smallest absolute Gasteiger partial charge is 0.264 e. The predicted molar refractivity (Wildman–Crippen MR) is 213 cm³/mol. The second kappa shape index (κ2) is 16.1. The van der Waals surface area contributed by atoms with Gasteiger partial charge in [-0.3, -0.25) is 14.6 Å². The summed E-state index contributed by atoms with van der Waals surface area (Å²) >= 11 is 6.40. The van der Waals surface area contributed by atoms with Gasteiger partial charge in [0.2, 0.25) is 10.0 Å². The second-order valence-electron chi connectivity index (χ2n) is 16.2. The number of aryl methyl sites for hydroxylation is 1. The molecule has 2 bridgehead atoms. The van der Waals surface area contributed by atoms with E-state index in [1.54, 1.807) is 32.2 Å². The van der Waals surface area contributed by atoms with Crippen LogP contribution >= 0.6 is 11.6 Å². The number of sulfonamides is 1. The van der Waals surface area contributed by atoms with Crippen LogP contribution in [0.1, 0.15) is 67.4 Å². The molecule has 14 heteroatoms. The van der Waals surface area contributed by atoms with Gasteiger partial charge in [0.15, 0.2) is 9.84 Å². The first-order valence-corrected chi connectivity index (χ1v) is 23.2. The standard InChI is InChI=1S/C40H55ClN4O7S2/c1-28-7-6-15-40(51-3,27-43-17-18-44-19-20-53(47,48)26-35(44)24-43)36-13-10-32(36)23-45-16-5-4-8-30-21-34(41)12-9-33(30)25-52-38-14-11-31(22-37(38)45)39(46)42-54(49,50)29(28)2/h6,9,11-12,14-15,21-22,28-29,32,35-36H,4-5,7-8,10,13,16-20,23-27H2,1-3H3,(H,42,46)/b15-6+/t28-,29+,32-,35-,36-,40-/m0/s1. The van der Waals surface area contributed by atoms with Crippen LogP contribution in [-0.4, -0.2) is 114 Å². The topological polar surface area (TPSA) is 126 Å². The fourth-order valence-electron chi connectivity index (χ4n) is 9.17. The predicted octanol–water partition coefficient (Wildman–Crippen LogP) is 4.93. The minimum Gasteiger partial charge on any atom is -0.487 e. The third kappa shape index (κ3) is 8.51. The van der Waals surface area contributed by atoms with Gasteiger partial charge in [0.1, 0.15) is 18.0 Å². The highest BCUT2D eigenvalue weighted by Gasteiger charge is 2.49. The lowest BCUT2D eigenvalue weighted by atomic mass is 9.63. The van der Waals surface area contributed by atoms with E-state index in [4.69, 9.17) is 21.1 Å². The Labute approximate surface area is 326 Å². The van der Waals surface area contributed by atoms with Crippen molar-refractivity contribution in [3.63, 3.8) is 0 Å². The number of halogens is 1. The number of amides is 1. The molecule has 7 rings (SSSR count). The molecule has 4 heterocycles. The summed E-state index contributed by atoms with van der Waals surface area (Å²) in [7, 11) is -5.30. The van der Waals surface area contributed by atoms with Crippen LogP contribution in [-0.2, 0) is 37.6 Å². The van der Waals surface area contributed by atoms with Gasteiger partial charge in [-0.15, -0.1) is 0 Å². The summed E-state index contributed by atoms with van der Waals surface area (Å²) in [5.74, 6) is 0.535. The zero-order chi connectivity index (χ0) is 38.3. The highest BCUT2D eigenvalue weighted by atomic mass is 35.5. The number of benzene rings is 2. The molecular weight excluding hydrogens is 748 g/mol. The third-order valence-corrected chi connectivity index (χ3v) is 16.7. The van der Waals surface area contributed by atoms with Gasteiger partial charge < -0.3 is 14.4 Å². The summed E-state index contributed by atoms with van der Waals surface area (Å²) < 4.78 is 68.0. The summed E-state index contributed by atoms with van der Waals surface area (Å²) in [5, 5.41) is -0.135. The monoisotopic (exact) mass is 802 g/mol. The Balaban J connectivity index is 1.25. The van der Waals surface area contributed by atoms with Crippen LogP contribution < -0.4 is 14.4 Å². The Morgan fingerprint density at radius 2 is 1.81 bits per heavy atom. The van der Waals surface area contributed by atoms with Gasteiger partial charge >= 0.3 is 0 Å². The fourth-order valence-corrected chi connectivity index (χ4v) is 12.2. The first-order chi connectivity index (χ1) is 25.8. The Bertz CT molecular complexity index is 1960. The molecule has 2 aromatic carbocycles. The van der Waals surface area contributed by atoms with Crippen LogP contribution in [0.5, 0.6) is 5.75 Å². The van der Waals surface area contributed by atoms with Gasteiger partial charge in [-0.2, -0.15) is 0 Å². The minimum absolute atomic E-state index is 0.0361. The normalized spacial score (nSPS) is 32.6. The van der Waals surface area contributed by atoms with E-state index in [9.17, 15) is 21.6 Å². The Morgan fingerprint density at radius 3 is 2.59 bits per heavy atom. The van der Waals surface area contributed by atoms with Crippen LogP contribution in [0.3, 0.4) is 0 Å². The van der Waals surface area contributed by atoms with E-state index in [0.717, 1.165) is 68.6 Å². The summed E-state index contributed by atoms with van der Waals surface area (Å²) in [6, 6.07) is 11.1. The van der Waals surface area contributed by atoms with Gasteiger partial charge in [-0.05, 0) is 105 Å². The zero-order valence-corrected chi connectivity index (χ0v) is 34.1. The average Bonchev–Trinajstić information content (AvgIpc) is 3.14. The summed E-state index contributed by atoms with van der Waals surface area (Å²) in [6.07, 6.45) is 9.41. The maximum Gasteiger partial charge on any atom is 0.264 e. The van der Waals surface area contributed by atoms with E-state index in [-0.39, 0.29) is 40.9 Å². The number of anilines is 1. The maximum absolute atomic E-state index is 13.6. The van der Waals surface area contributed by atoms with Gasteiger partial charge in [0, 0.05) is 69.6 Å². The molecule has 3 fully saturated rings. The number of carbonyl (C=O) groups is 1. The fraction of sp³-hybridized carbons (Fsp3) is 0.625. The van der Waals surface area contributed by atoms with E-state index in [1.165, 1.54) is 0 Å². The molecule has 4 aliphatic heterocycles. The van der Waals surface area contributed by atoms with Crippen LogP contribution in [0, 0.1) is 17.8 Å². The van der Waals surface area contributed by atoms with Crippen molar-refractivity contribution >= 4 is 43.1 Å². The average molecular weight is 803 g/mol. The number of ether oxygens (including phenoxy) is 2. The van der Waals surface area contributed by atoms with Gasteiger partial charge in [-0.1, -0.05) is 36.7 Å². The van der Waals surface area contributed by atoms with Crippen LogP contribution in [0.4, 0.5) is 5.69 Å². The Kier molecular flexibility index (Phi) is 11.8. The molecule has 0 spiro atoms. The summed E-state index contributed by atoms with van der Waals surface area (Å²) in [5.41, 5.74) is 2.59. The Hall–Kier alpha value is -2.68. The number of hydrogen-bond donors (Lipinski definition) is 1. The number of methoxy groups -OCH3 is 1. The number of allylic oxidation sites excluding steroid dienone is 1. The minimum atomic E-state index is -4.00. The lowest BCUT2D eigenvalue weighted by Crippen LogP contribution is -2.63. The molecule has 0 aromatic heterocycles. The number of piperazine rings is 1. The van der Waals surface area contributed by atoms with Gasteiger partial charge in [-0.25, -0.2) is 21.6 Å². The molecule has 5 aliphatic rings. The highest BCUT2D eigenvalue weighted by Crippen LogP contribution is 2.47. The molecular formula is C40H55ClN4O7S2. The first kappa shape index (κ1) is 39.6. The molecule has 11 nitrogen and oxygen atoms in total. The number of nitrogens with one attached hydrogen (secondary N) is 1. The highest BCUT2D eigenvalue weighted by molar-refractivity contribution is 7.91. The molecule has 2 aromatic rings. The van der Waals surface area contributed by atoms with Crippen LogP contribution in [0.2, 0.25) is 5.02 Å². The molecule has 1 saturated carbocycles. The van der Waals surface area contributed by atoms with Crippen molar-refractivity contribution in [2.24, 2.45) is 17.8 Å². The number of fused-ring (bicyclic) bond motifs is 4. The van der Waals surface area contributed by atoms with Crippen molar-refractivity contribution in [2.75, 3.05) is 69.3 Å². The van der Waals surface area contributed by atoms with E-state index < -0.39 is 36.6 Å². The van der Waals surface area contributed by atoms with E-state index in [0.29, 0.717) is 50.0 Å². The molecule has 54 heavy (non-hydrogen) atoms. The summed E-state index contributed by atoms with van der Waals surface area (Å²) in [4.78, 5) is 20.6. The molecule has 0 unspecified atom stereocenters. The molecule has 1 amide bonds. The largest absolute Gasteiger partial charge is 0.487 e.